The number of amides is 2. The molecule has 0 saturated heterocycles. The van der Waals surface area contributed by atoms with E-state index in [9.17, 15) is 14.0 Å². The molecule has 0 aliphatic carbocycles. The number of aryl methyl sites for hydroxylation is 1. The molecule has 2 amide bonds. The van der Waals surface area contributed by atoms with E-state index in [0.717, 1.165) is 18.2 Å². The summed E-state index contributed by atoms with van der Waals surface area (Å²) in [5.41, 5.74) is 3.65. The van der Waals surface area contributed by atoms with Crippen LogP contribution in [-0.2, 0) is 16.0 Å². The SMILES string of the molecule is CCc1ccc(NC(=O)C(=O)NN=Cc2c(F)cccc2Cl)cc1. The molecule has 0 aromatic heterocycles. The topological polar surface area (TPSA) is 70.6 Å². The summed E-state index contributed by atoms with van der Waals surface area (Å²) in [5.74, 6) is -2.43. The fraction of sp³-hybridized carbons (Fsp3) is 0.118. The van der Waals surface area contributed by atoms with Crippen molar-refractivity contribution in [3.8, 4) is 0 Å². The first-order valence-corrected chi connectivity index (χ1v) is 7.56. The third kappa shape index (κ3) is 4.63. The molecule has 0 aliphatic heterocycles. The summed E-state index contributed by atoms with van der Waals surface area (Å²) in [6.07, 6.45) is 1.92. The van der Waals surface area contributed by atoms with E-state index in [1.807, 2.05) is 24.5 Å². The number of nitrogens with one attached hydrogen (secondary N) is 2. The highest BCUT2D eigenvalue weighted by Crippen LogP contribution is 2.16. The van der Waals surface area contributed by atoms with Gasteiger partial charge in [0, 0.05) is 11.3 Å². The molecule has 7 heteroatoms. The van der Waals surface area contributed by atoms with Gasteiger partial charge in [-0.2, -0.15) is 5.10 Å². The van der Waals surface area contributed by atoms with Crippen molar-refractivity contribution in [3.05, 3.63) is 64.4 Å². The van der Waals surface area contributed by atoms with Crippen molar-refractivity contribution in [2.45, 2.75) is 13.3 Å². The second-order valence-corrected chi connectivity index (χ2v) is 5.25. The van der Waals surface area contributed by atoms with E-state index in [2.05, 4.69) is 10.4 Å². The number of nitrogens with zero attached hydrogens (tertiary/aromatic N) is 1. The summed E-state index contributed by atoms with van der Waals surface area (Å²) in [6.45, 7) is 2.01. The van der Waals surface area contributed by atoms with E-state index in [1.165, 1.54) is 18.2 Å². The highest BCUT2D eigenvalue weighted by Gasteiger charge is 2.13. The van der Waals surface area contributed by atoms with Crippen LogP contribution in [0, 0.1) is 5.82 Å². The number of hydrogen-bond donors (Lipinski definition) is 2. The largest absolute Gasteiger partial charge is 0.329 e. The lowest BCUT2D eigenvalue weighted by atomic mass is 10.1. The van der Waals surface area contributed by atoms with E-state index >= 15 is 0 Å². The Morgan fingerprint density at radius 1 is 1.17 bits per heavy atom. The number of carbonyl (C=O) groups is 2. The van der Waals surface area contributed by atoms with Gasteiger partial charge in [0.25, 0.3) is 0 Å². The smallest absolute Gasteiger partial charge is 0.318 e. The Morgan fingerprint density at radius 2 is 1.88 bits per heavy atom. The molecule has 2 aromatic rings. The predicted molar refractivity (Wildman–Crippen MR) is 91.6 cm³/mol. The third-order valence-corrected chi connectivity index (χ3v) is 3.52. The van der Waals surface area contributed by atoms with Crippen molar-refractivity contribution in [2.24, 2.45) is 5.10 Å². The van der Waals surface area contributed by atoms with Crippen LogP contribution in [0.15, 0.2) is 47.6 Å². The van der Waals surface area contributed by atoms with E-state index in [0.29, 0.717) is 5.69 Å². The molecule has 124 valence electrons. The van der Waals surface area contributed by atoms with Crippen LogP contribution in [0.5, 0.6) is 0 Å². The molecule has 0 unspecified atom stereocenters. The zero-order chi connectivity index (χ0) is 17.5. The van der Waals surface area contributed by atoms with Crippen molar-refractivity contribution >= 4 is 35.3 Å². The highest BCUT2D eigenvalue weighted by atomic mass is 35.5. The lowest BCUT2D eigenvalue weighted by molar-refractivity contribution is -0.136. The number of halogens is 2. The van der Waals surface area contributed by atoms with Crippen LogP contribution >= 0.6 is 11.6 Å². The molecule has 2 N–H and O–H groups in total. The minimum absolute atomic E-state index is 0.0232. The Morgan fingerprint density at radius 3 is 2.50 bits per heavy atom. The second kappa shape index (κ2) is 8.21. The van der Waals surface area contributed by atoms with Crippen LogP contribution in [0.1, 0.15) is 18.1 Å². The molecule has 0 bridgehead atoms. The van der Waals surface area contributed by atoms with E-state index < -0.39 is 17.6 Å². The van der Waals surface area contributed by atoms with Crippen molar-refractivity contribution < 1.29 is 14.0 Å². The Labute approximate surface area is 143 Å². The second-order valence-electron chi connectivity index (χ2n) is 4.84. The third-order valence-electron chi connectivity index (χ3n) is 3.19. The predicted octanol–water partition coefficient (Wildman–Crippen LogP) is 3.13. The summed E-state index contributed by atoms with van der Waals surface area (Å²) in [5, 5.41) is 6.13. The molecule has 5 nitrogen and oxygen atoms in total. The molecule has 0 aliphatic rings. The van der Waals surface area contributed by atoms with Crippen molar-refractivity contribution in [1.82, 2.24) is 5.43 Å². The Kier molecular flexibility index (Phi) is 6.03. The number of hydrogen-bond acceptors (Lipinski definition) is 3. The van der Waals surface area contributed by atoms with E-state index in [1.54, 1.807) is 12.1 Å². The minimum Gasteiger partial charge on any atom is -0.318 e. The maximum atomic E-state index is 13.5. The molecule has 2 aromatic carbocycles. The Bertz CT molecular complexity index is 756. The van der Waals surface area contributed by atoms with Gasteiger partial charge in [0.15, 0.2) is 0 Å². The van der Waals surface area contributed by atoms with E-state index in [4.69, 9.17) is 11.6 Å². The lowest BCUT2D eigenvalue weighted by Gasteiger charge is -2.05. The average Bonchev–Trinajstić information content (AvgIpc) is 2.58. The van der Waals surface area contributed by atoms with Crippen molar-refractivity contribution in [2.75, 3.05) is 5.32 Å². The fourth-order valence-corrected chi connectivity index (χ4v) is 2.06. The van der Waals surface area contributed by atoms with Gasteiger partial charge in [0.05, 0.1) is 11.2 Å². The molecule has 0 heterocycles. The normalized spacial score (nSPS) is 10.6. The molecule has 0 fully saturated rings. The first-order chi connectivity index (χ1) is 11.5. The van der Waals surface area contributed by atoms with Gasteiger partial charge >= 0.3 is 11.8 Å². The minimum atomic E-state index is -0.974. The van der Waals surface area contributed by atoms with Crippen LogP contribution < -0.4 is 10.7 Å². The highest BCUT2D eigenvalue weighted by molar-refractivity contribution is 6.39. The van der Waals surface area contributed by atoms with Crippen LogP contribution in [0.2, 0.25) is 5.02 Å². The maximum Gasteiger partial charge on any atom is 0.329 e. The van der Waals surface area contributed by atoms with Crippen molar-refractivity contribution in [1.29, 1.82) is 0 Å². The molecule has 0 atom stereocenters. The number of hydrazone groups is 1. The number of anilines is 1. The van der Waals surface area contributed by atoms with Gasteiger partial charge in [0.1, 0.15) is 5.82 Å². The Hall–Kier alpha value is -2.73. The number of benzene rings is 2. The lowest BCUT2D eigenvalue weighted by Crippen LogP contribution is -2.32. The quantitative estimate of drug-likeness (QED) is 0.507. The molecule has 2 rings (SSSR count). The van der Waals surface area contributed by atoms with Gasteiger partial charge in [-0.15, -0.1) is 0 Å². The first kappa shape index (κ1) is 17.6. The van der Waals surface area contributed by atoms with Gasteiger partial charge in [-0.05, 0) is 36.2 Å². The molecule has 0 saturated carbocycles. The molecule has 0 spiro atoms. The number of rotatable bonds is 4. The van der Waals surface area contributed by atoms with Crippen LogP contribution in [0.25, 0.3) is 0 Å². The summed E-state index contributed by atoms with van der Waals surface area (Å²) in [4.78, 5) is 23.4. The fourth-order valence-electron chi connectivity index (χ4n) is 1.85. The van der Waals surface area contributed by atoms with Crippen LogP contribution in [0.4, 0.5) is 10.1 Å². The van der Waals surface area contributed by atoms with Gasteiger partial charge in [0.2, 0.25) is 0 Å². The monoisotopic (exact) mass is 347 g/mol. The first-order valence-electron chi connectivity index (χ1n) is 7.18. The van der Waals surface area contributed by atoms with Crippen LogP contribution in [-0.4, -0.2) is 18.0 Å². The summed E-state index contributed by atoms with van der Waals surface area (Å²) >= 11 is 5.82. The zero-order valence-corrected chi connectivity index (χ0v) is 13.6. The van der Waals surface area contributed by atoms with E-state index in [-0.39, 0.29) is 10.6 Å². The maximum absolute atomic E-state index is 13.5. The number of carbonyl (C=O) groups excluding carboxylic acids is 2. The molecule has 24 heavy (non-hydrogen) atoms. The van der Waals surface area contributed by atoms with Gasteiger partial charge in [-0.25, -0.2) is 9.82 Å². The van der Waals surface area contributed by atoms with Gasteiger partial charge in [-0.1, -0.05) is 36.7 Å². The van der Waals surface area contributed by atoms with Crippen molar-refractivity contribution in [3.63, 3.8) is 0 Å². The molecular weight excluding hydrogens is 333 g/mol. The Balaban J connectivity index is 1.94. The standard InChI is InChI=1S/C17H15ClFN3O2/c1-2-11-6-8-12(9-7-11)21-16(23)17(24)22-20-10-13-14(18)4-3-5-15(13)19/h3-10H,2H2,1H3,(H,21,23)(H,22,24). The van der Waals surface area contributed by atoms with Crippen LogP contribution in [0.3, 0.4) is 0 Å². The average molecular weight is 348 g/mol. The molecule has 0 radical (unpaired) electrons. The van der Waals surface area contributed by atoms with Gasteiger partial charge in [-0.3, -0.25) is 9.59 Å². The molecular formula is C17H15ClFN3O2. The van der Waals surface area contributed by atoms with Gasteiger partial charge < -0.3 is 5.32 Å². The zero-order valence-electron chi connectivity index (χ0n) is 12.8. The summed E-state index contributed by atoms with van der Waals surface area (Å²) in [7, 11) is 0. The summed E-state index contributed by atoms with van der Waals surface area (Å²) in [6, 6.07) is 11.3. The summed E-state index contributed by atoms with van der Waals surface area (Å²) < 4.78 is 13.5.